The van der Waals surface area contributed by atoms with Crippen LogP contribution < -0.4 is 16.0 Å². The third-order valence-electron chi connectivity index (χ3n) is 4.35. The normalized spacial score (nSPS) is 11.6. The Bertz CT molecular complexity index is 837. The maximum atomic E-state index is 12.7. The second-order valence-corrected chi connectivity index (χ2v) is 7.12. The summed E-state index contributed by atoms with van der Waals surface area (Å²) in [5.41, 5.74) is 2.35. The van der Waals surface area contributed by atoms with Crippen molar-refractivity contribution in [2.24, 2.45) is 5.92 Å². The van der Waals surface area contributed by atoms with Crippen LogP contribution in [-0.4, -0.2) is 29.1 Å². The van der Waals surface area contributed by atoms with Gasteiger partial charge in [0.2, 0.25) is 5.91 Å². The van der Waals surface area contributed by atoms with Crippen LogP contribution in [0.15, 0.2) is 54.6 Å². The summed E-state index contributed by atoms with van der Waals surface area (Å²) in [7, 11) is 0. The highest BCUT2D eigenvalue weighted by atomic mass is 16.4. The summed E-state index contributed by atoms with van der Waals surface area (Å²) < 4.78 is 0. The Hall–Kier alpha value is -3.35. The Labute approximate surface area is 170 Å². The van der Waals surface area contributed by atoms with E-state index in [1.165, 1.54) is 0 Å². The predicted octanol–water partition coefficient (Wildman–Crippen LogP) is 3.17. The minimum absolute atomic E-state index is 0.0230. The average Bonchev–Trinajstić information content (AvgIpc) is 2.69. The zero-order valence-electron chi connectivity index (χ0n) is 16.6. The number of nitrogens with one attached hydrogen (secondary N) is 3. The molecule has 0 saturated carbocycles. The molecule has 0 fully saturated rings. The second-order valence-electron chi connectivity index (χ2n) is 7.12. The third-order valence-corrected chi connectivity index (χ3v) is 4.35. The quantitative estimate of drug-likeness (QED) is 0.521. The molecule has 29 heavy (non-hydrogen) atoms. The molecule has 0 aliphatic carbocycles. The van der Waals surface area contributed by atoms with E-state index in [0.29, 0.717) is 18.7 Å². The molecule has 4 N–H and O–H groups in total. The van der Waals surface area contributed by atoms with E-state index in [2.05, 4.69) is 16.0 Å². The van der Waals surface area contributed by atoms with Gasteiger partial charge in [-0.05, 0) is 35.6 Å². The first-order valence-electron chi connectivity index (χ1n) is 9.55. The number of carboxylic acids is 1. The number of hydrogen-bond acceptors (Lipinski definition) is 3. The Morgan fingerprint density at radius 1 is 0.966 bits per heavy atom. The van der Waals surface area contributed by atoms with E-state index in [0.717, 1.165) is 11.1 Å². The number of amides is 3. The molecule has 0 aliphatic rings. The van der Waals surface area contributed by atoms with Gasteiger partial charge in [-0.2, -0.15) is 0 Å². The van der Waals surface area contributed by atoms with Crippen LogP contribution in [0.25, 0.3) is 0 Å². The predicted molar refractivity (Wildman–Crippen MR) is 111 cm³/mol. The van der Waals surface area contributed by atoms with E-state index in [-0.39, 0.29) is 18.2 Å². The van der Waals surface area contributed by atoms with Crippen LogP contribution >= 0.6 is 0 Å². The number of aliphatic carboxylic acids is 1. The van der Waals surface area contributed by atoms with E-state index in [4.69, 9.17) is 5.11 Å². The van der Waals surface area contributed by atoms with Gasteiger partial charge in [0.25, 0.3) is 0 Å². The molecule has 0 bridgehead atoms. The molecular formula is C22H27N3O4. The lowest BCUT2D eigenvalue weighted by Gasteiger charge is -2.22. The molecule has 0 aromatic heterocycles. The van der Waals surface area contributed by atoms with Crippen LogP contribution in [0, 0.1) is 5.92 Å². The van der Waals surface area contributed by atoms with Gasteiger partial charge in [0.05, 0.1) is 0 Å². The number of carbonyl (C=O) groups excluding carboxylic acids is 2. The molecule has 2 aromatic rings. The molecule has 1 unspecified atom stereocenters. The van der Waals surface area contributed by atoms with Crippen molar-refractivity contribution >= 4 is 23.6 Å². The van der Waals surface area contributed by atoms with Gasteiger partial charge in [0.1, 0.15) is 6.04 Å². The summed E-state index contributed by atoms with van der Waals surface area (Å²) in [4.78, 5) is 35.7. The molecule has 0 aliphatic heterocycles. The number of carbonyl (C=O) groups is 3. The highest BCUT2D eigenvalue weighted by molar-refractivity contribution is 5.97. The number of anilines is 1. The molecular weight excluding hydrogens is 370 g/mol. The van der Waals surface area contributed by atoms with Crippen molar-refractivity contribution in [2.75, 3.05) is 5.32 Å². The molecule has 7 heteroatoms. The van der Waals surface area contributed by atoms with Crippen molar-refractivity contribution in [2.45, 2.75) is 39.3 Å². The maximum Gasteiger partial charge on any atom is 0.315 e. The summed E-state index contributed by atoms with van der Waals surface area (Å²) in [5.74, 6) is -1.32. The Morgan fingerprint density at radius 3 is 2.31 bits per heavy atom. The van der Waals surface area contributed by atoms with Crippen LogP contribution in [-0.2, 0) is 22.6 Å². The monoisotopic (exact) mass is 397 g/mol. The average molecular weight is 397 g/mol. The van der Waals surface area contributed by atoms with Crippen LogP contribution in [0.2, 0.25) is 0 Å². The van der Waals surface area contributed by atoms with E-state index >= 15 is 0 Å². The number of benzene rings is 2. The number of hydrogen-bond donors (Lipinski definition) is 4. The molecule has 2 aromatic carbocycles. The number of aryl methyl sites for hydroxylation is 1. The van der Waals surface area contributed by atoms with Crippen LogP contribution in [0.5, 0.6) is 0 Å². The summed E-state index contributed by atoms with van der Waals surface area (Å²) in [6.07, 6.45) is 0.405. The fourth-order valence-corrected chi connectivity index (χ4v) is 2.78. The highest BCUT2D eigenvalue weighted by Gasteiger charge is 2.24. The molecule has 7 nitrogen and oxygen atoms in total. The Morgan fingerprint density at radius 2 is 1.66 bits per heavy atom. The van der Waals surface area contributed by atoms with E-state index in [1.54, 1.807) is 18.2 Å². The molecule has 1 atom stereocenters. The second kappa shape index (κ2) is 10.8. The van der Waals surface area contributed by atoms with Gasteiger partial charge >= 0.3 is 12.0 Å². The lowest BCUT2D eigenvalue weighted by Crippen LogP contribution is -2.50. The largest absolute Gasteiger partial charge is 0.481 e. The van der Waals surface area contributed by atoms with Crippen molar-refractivity contribution in [3.05, 3.63) is 65.7 Å². The van der Waals surface area contributed by atoms with Crippen molar-refractivity contribution in [1.29, 1.82) is 0 Å². The molecule has 154 valence electrons. The van der Waals surface area contributed by atoms with Crippen molar-refractivity contribution < 1.29 is 19.5 Å². The SMILES string of the molecule is CC(C)C(NC(=O)NCc1ccccc1)C(=O)Nc1cccc(CCC(=O)O)c1. The van der Waals surface area contributed by atoms with Gasteiger partial charge in [-0.25, -0.2) is 4.79 Å². The van der Waals surface area contributed by atoms with E-state index in [9.17, 15) is 14.4 Å². The summed E-state index contributed by atoms with van der Waals surface area (Å²) in [6.45, 7) is 4.07. The molecule has 2 rings (SSSR count). The first-order chi connectivity index (χ1) is 13.8. The van der Waals surface area contributed by atoms with Crippen LogP contribution in [0.3, 0.4) is 0 Å². The van der Waals surface area contributed by atoms with Crippen LogP contribution in [0.4, 0.5) is 10.5 Å². The maximum absolute atomic E-state index is 12.7. The molecule has 3 amide bonds. The highest BCUT2D eigenvalue weighted by Crippen LogP contribution is 2.14. The van der Waals surface area contributed by atoms with Gasteiger partial charge in [-0.3, -0.25) is 9.59 Å². The minimum Gasteiger partial charge on any atom is -0.481 e. The summed E-state index contributed by atoms with van der Waals surface area (Å²) in [5, 5.41) is 17.1. The minimum atomic E-state index is -0.870. The third kappa shape index (κ3) is 7.65. The molecule has 0 spiro atoms. The topological polar surface area (TPSA) is 108 Å². The summed E-state index contributed by atoms with van der Waals surface area (Å²) in [6, 6.07) is 15.4. The van der Waals surface area contributed by atoms with Gasteiger partial charge in [0.15, 0.2) is 0 Å². The zero-order valence-corrected chi connectivity index (χ0v) is 16.6. The first-order valence-corrected chi connectivity index (χ1v) is 9.55. The standard InChI is InChI=1S/C22H27N3O4/c1-15(2)20(25-22(29)23-14-17-7-4-3-5-8-17)21(28)24-18-10-6-9-16(13-18)11-12-19(26)27/h3-10,13,15,20H,11-12,14H2,1-2H3,(H,24,28)(H,26,27)(H2,23,25,29). The van der Waals surface area contributed by atoms with Crippen molar-refractivity contribution in [3.8, 4) is 0 Å². The van der Waals surface area contributed by atoms with Gasteiger partial charge in [-0.1, -0.05) is 56.3 Å². The fraction of sp³-hybridized carbons (Fsp3) is 0.318. The number of rotatable bonds is 9. The van der Waals surface area contributed by atoms with Gasteiger partial charge in [-0.15, -0.1) is 0 Å². The Balaban J connectivity index is 1.94. The lowest BCUT2D eigenvalue weighted by molar-refractivity contribution is -0.137. The van der Waals surface area contributed by atoms with Crippen molar-refractivity contribution in [1.82, 2.24) is 10.6 Å². The first kappa shape index (κ1) is 21.9. The zero-order chi connectivity index (χ0) is 21.2. The van der Waals surface area contributed by atoms with Gasteiger partial charge in [0, 0.05) is 18.7 Å². The van der Waals surface area contributed by atoms with Gasteiger partial charge < -0.3 is 21.1 Å². The number of urea groups is 1. The summed E-state index contributed by atoms with van der Waals surface area (Å²) >= 11 is 0. The fourth-order valence-electron chi connectivity index (χ4n) is 2.78. The van der Waals surface area contributed by atoms with Crippen molar-refractivity contribution in [3.63, 3.8) is 0 Å². The molecule has 0 saturated heterocycles. The van der Waals surface area contributed by atoms with Crippen LogP contribution in [0.1, 0.15) is 31.4 Å². The van der Waals surface area contributed by atoms with E-state index in [1.807, 2.05) is 50.2 Å². The molecule has 0 radical (unpaired) electrons. The lowest BCUT2D eigenvalue weighted by atomic mass is 10.0. The Kier molecular flexibility index (Phi) is 8.21. The smallest absolute Gasteiger partial charge is 0.315 e. The molecule has 0 heterocycles. The number of carboxylic acid groups (broad SMARTS) is 1. The van der Waals surface area contributed by atoms with E-state index < -0.39 is 18.0 Å².